The van der Waals surface area contributed by atoms with Gasteiger partial charge in [-0.05, 0) is 26.8 Å². The SMILES string of the molecule is CCOc1cc2ncnc(C)c2cc1OCC. The number of aromatic nitrogens is 2. The topological polar surface area (TPSA) is 44.2 Å². The number of hydrogen-bond acceptors (Lipinski definition) is 4. The molecule has 1 heterocycles. The second-order valence-corrected chi connectivity index (χ2v) is 3.64. The number of rotatable bonds is 4. The van der Waals surface area contributed by atoms with E-state index in [9.17, 15) is 0 Å². The minimum Gasteiger partial charge on any atom is -0.490 e. The molecule has 0 bridgehead atoms. The van der Waals surface area contributed by atoms with E-state index in [1.54, 1.807) is 6.33 Å². The molecule has 0 saturated carbocycles. The van der Waals surface area contributed by atoms with Crippen molar-refractivity contribution in [1.82, 2.24) is 9.97 Å². The second kappa shape index (κ2) is 4.99. The zero-order valence-electron chi connectivity index (χ0n) is 10.4. The molecule has 0 unspecified atom stereocenters. The number of nitrogens with zero attached hydrogens (tertiary/aromatic N) is 2. The van der Waals surface area contributed by atoms with Gasteiger partial charge < -0.3 is 9.47 Å². The van der Waals surface area contributed by atoms with Crippen LogP contribution in [0, 0.1) is 6.92 Å². The van der Waals surface area contributed by atoms with Gasteiger partial charge in [0.15, 0.2) is 11.5 Å². The maximum Gasteiger partial charge on any atom is 0.163 e. The van der Waals surface area contributed by atoms with Gasteiger partial charge in [0.2, 0.25) is 0 Å². The van der Waals surface area contributed by atoms with Crippen LogP contribution >= 0.6 is 0 Å². The first-order chi connectivity index (χ1) is 8.26. The molecule has 0 aliphatic carbocycles. The number of fused-ring (bicyclic) bond motifs is 1. The maximum atomic E-state index is 5.57. The van der Waals surface area contributed by atoms with Gasteiger partial charge >= 0.3 is 0 Å². The number of hydrogen-bond donors (Lipinski definition) is 0. The van der Waals surface area contributed by atoms with Crippen LogP contribution in [0.3, 0.4) is 0 Å². The average Bonchev–Trinajstić information content (AvgIpc) is 2.32. The summed E-state index contributed by atoms with van der Waals surface area (Å²) < 4.78 is 11.1. The monoisotopic (exact) mass is 232 g/mol. The van der Waals surface area contributed by atoms with Crippen LogP contribution in [0.5, 0.6) is 11.5 Å². The van der Waals surface area contributed by atoms with E-state index < -0.39 is 0 Å². The summed E-state index contributed by atoms with van der Waals surface area (Å²) in [5, 5.41) is 0.999. The van der Waals surface area contributed by atoms with Crippen LogP contribution in [0.2, 0.25) is 0 Å². The lowest BCUT2D eigenvalue weighted by molar-refractivity contribution is 0.288. The fourth-order valence-corrected chi connectivity index (χ4v) is 1.73. The normalized spacial score (nSPS) is 10.5. The number of ether oxygens (including phenoxy) is 2. The number of aryl methyl sites for hydroxylation is 1. The van der Waals surface area contributed by atoms with Gasteiger partial charge in [-0.1, -0.05) is 0 Å². The van der Waals surface area contributed by atoms with E-state index in [0.29, 0.717) is 13.2 Å². The van der Waals surface area contributed by atoms with Crippen LogP contribution in [0.25, 0.3) is 10.9 Å². The van der Waals surface area contributed by atoms with Crippen molar-refractivity contribution in [2.75, 3.05) is 13.2 Å². The Bertz CT molecular complexity index is 526. The Morgan fingerprint density at radius 3 is 2.29 bits per heavy atom. The van der Waals surface area contributed by atoms with Gasteiger partial charge in [-0.3, -0.25) is 0 Å². The van der Waals surface area contributed by atoms with Gasteiger partial charge in [0.1, 0.15) is 6.33 Å². The van der Waals surface area contributed by atoms with E-state index in [1.807, 2.05) is 32.9 Å². The lowest BCUT2D eigenvalue weighted by Gasteiger charge is -2.12. The zero-order chi connectivity index (χ0) is 12.3. The van der Waals surface area contributed by atoms with E-state index in [1.165, 1.54) is 0 Å². The van der Waals surface area contributed by atoms with Crippen molar-refractivity contribution in [3.63, 3.8) is 0 Å². The minimum absolute atomic E-state index is 0.607. The zero-order valence-corrected chi connectivity index (χ0v) is 10.4. The predicted molar refractivity (Wildman–Crippen MR) is 66.6 cm³/mol. The summed E-state index contributed by atoms with van der Waals surface area (Å²) in [6, 6.07) is 3.84. The molecule has 0 amide bonds. The quantitative estimate of drug-likeness (QED) is 0.813. The molecule has 17 heavy (non-hydrogen) atoms. The highest BCUT2D eigenvalue weighted by Crippen LogP contribution is 2.32. The Morgan fingerprint density at radius 1 is 1.00 bits per heavy atom. The molecule has 0 spiro atoms. The highest BCUT2D eigenvalue weighted by atomic mass is 16.5. The first-order valence-electron chi connectivity index (χ1n) is 5.77. The Kier molecular flexibility index (Phi) is 3.42. The first kappa shape index (κ1) is 11.6. The summed E-state index contributed by atoms with van der Waals surface area (Å²) in [4.78, 5) is 8.42. The van der Waals surface area contributed by atoms with E-state index in [0.717, 1.165) is 28.1 Å². The molecule has 0 N–H and O–H groups in total. The highest BCUT2D eigenvalue weighted by molar-refractivity contribution is 5.84. The molecule has 0 aliphatic heterocycles. The molecular formula is C13H16N2O2. The van der Waals surface area contributed by atoms with E-state index in [4.69, 9.17) is 9.47 Å². The van der Waals surface area contributed by atoms with Crippen molar-refractivity contribution in [3.8, 4) is 11.5 Å². The largest absolute Gasteiger partial charge is 0.490 e. The van der Waals surface area contributed by atoms with Crippen molar-refractivity contribution in [2.24, 2.45) is 0 Å². The molecule has 0 saturated heterocycles. The summed E-state index contributed by atoms with van der Waals surface area (Å²) in [5.41, 5.74) is 1.82. The molecule has 2 rings (SSSR count). The standard InChI is InChI=1S/C13H16N2O2/c1-4-16-12-6-10-9(3)14-8-15-11(10)7-13(12)17-5-2/h6-8H,4-5H2,1-3H3. The van der Waals surface area contributed by atoms with E-state index >= 15 is 0 Å². The maximum absolute atomic E-state index is 5.57. The van der Waals surface area contributed by atoms with Gasteiger partial charge in [0, 0.05) is 17.1 Å². The molecule has 1 aromatic carbocycles. The smallest absolute Gasteiger partial charge is 0.163 e. The molecule has 0 aliphatic rings. The second-order valence-electron chi connectivity index (χ2n) is 3.64. The molecule has 2 aromatic rings. The molecular weight excluding hydrogens is 216 g/mol. The van der Waals surface area contributed by atoms with E-state index in [2.05, 4.69) is 9.97 Å². The Labute approximate surface area is 101 Å². The summed E-state index contributed by atoms with van der Waals surface area (Å²) in [7, 11) is 0. The average molecular weight is 232 g/mol. The van der Waals surface area contributed by atoms with Crippen LogP contribution in [0.15, 0.2) is 18.5 Å². The number of benzene rings is 1. The van der Waals surface area contributed by atoms with Crippen molar-refractivity contribution >= 4 is 10.9 Å². The third-order valence-corrected chi connectivity index (χ3v) is 2.50. The molecule has 4 nitrogen and oxygen atoms in total. The predicted octanol–water partition coefficient (Wildman–Crippen LogP) is 2.74. The Morgan fingerprint density at radius 2 is 1.65 bits per heavy atom. The van der Waals surface area contributed by atoms with Crippen molar-refractivity contribution in [3.05, 3.63) is 24.2 Å². The van der Waals surface area contributed by atoms with Gasteiger partial charge in [0.05, 0.1) is 18.7 Å². The van der Waals surface area contributed by atoms with Gasteiger partial charge in [0.25, 0.3) is 0 Å². The van der Waals surface area contributed by atoms with Crippen molar-refractivity contribution in [2.45, 2.75) is 20.8 Å². The van der Waals surface area contributed by atoms with Crippen LogP contribution in [0.4, 0.5) is 0 Å². The van der Waals surface area contributed by atoms with Crippen molar-refractivity contribution < 1.29 is 9.47 Å². The summed E-state index contributed by atoms with van der Waals surface area (Å²) in [6.07, 6.45) is 1.56. The lowest BCUT2D eigenvalue weighted by atomic mass is 10.2. The van der Waals surface area contributed by atoms with Crippen LogP contribution in [-0.4, -0.2) is 23.2 Å². The minimum atomic E-state index is 0.607. The Hall–Kier alpha value is -1.84. The summed E-state index contributed by atoms with van der Waals surface area (Å²) >= 11 is 0. The third kappa shape index (κ3) is 2.30. The lowest BCUT2D eigenvalue weighted by Crippen LogP contribution is -1.99. The fourth-order valence-electron chi connectivity index (χ4n) is 1.73. The molecule has 4 heteroatoms. The van der Waals surface area contributed by atoms with E-state index in [-0.39, 0.29) is 0 Å². The third-order valence-electron chi connectivity index (χ3n) is 2.50. The van der Waals surface area contributed by atoms with Gasteiger partial charge in [-0.2, -0.15) is 0 Å². The molecule has 0 atom stereocenters. The van der Waals surface area contributed by atoms with Crippen LogP contribution in [0.1, 0.15) is 19.5 Å². The molecule has 1 aromatic heterocycles. The summed E-state index contributed by atoms with van der Waals surface area (Å²) in [6.45, 7) is 7.08. The highest BCUT2D eigenvalue weighted by Gasteiger charge is 2.09. The van der Waals surface area contributed by atoms with Crippen molar-refractivity contribution in [1.29, 1.82) is 0 Å². The Balaban J connectivity index is 2.59. The summed E-state index contributed by atoms with van der Waals surface area (Å²) in [5.74, 6) is 1.49. The fraction of sp³-hybridized carbons (Fsp3) is 0.385. The molecule has 0 radical (unpaired) electrons. The van der Waals surface area contributed by atoms with Crippen LogP contribution in [-0.2, 0) is 0 Å². The molecule has 90 valence electrons. The van der Waals surface area contributed by atoms with Gasteiger partial charge in [-0.15, -0.1) is 0 Å². The molecule has 0 fully saturated rings. The van der Waals surface area contributed by atoms with Gasteiger partial charge in [-0.25, -0.2) is 9.97 Å². The van der Waals surface area contributed by atoms with Crippen LogP contribution < -0.4 is 9.47 Å². The first-order valence-corrected chi connectivity index (χ1v) is 5.77.